The summed E-state index contributed by atoms with van der Waals surface area (Å²) in [5, 5.41) is 23.4. The minimum Gasteiger partial charge on any atom is -0.466 e. The Morgan fingerprint density at radius 2 is 0.519 bits per heavy atom. The van der Waals surface area contributed by atoms with Gasteiger partial charge in [0.2, 0.25) is 5.91 Å². The van der Waals surface area contributed by atoms with Crippen LogP contribution in [0, 0.1) is 0 Å². The second kappa shape index (κ2) is 69.4. The van der Waals surface area contributed by atoms with Gasteiger partial charge >= 0.3 is 5.97 Å². The van der Waals surface area contributed by atoms with E-state index in [1.54, 1.807) is 0 Å². The largest absolute Gasteiger partial charge is 0.466 e. The lowest BCUT2D eigenvalue weighted by molar-refractivity contribution is -0.143. The molecule has 2 unspecified atom stereocenters. The Morgan fingerprint density at radius 1 is 0.304 bits per heavy atom. The van der Waals surface area contributed by atoms with Gasteiger partial charge < -0.3 is 20.3 Å². The van der Waals surface area contributed by atoms with Gasteiger partial charge in [0.05, 0.1) is 25.4 Å². The molecule has 0 saturated heterocycles. The standard InChI is InChI=1S/C73H145NO5/c1-3-5-7-9-11-13-15-17-19-20-21-22-28-31-34-38-41-45-49-53-57-61-65-71(76)70(69-75)74-72(77)66-62-58-54-50-46-42-39-35-32-29-26-24-23-25-27-30-33-36-40-44-48-52-56-60-64-68-79-73(78)67-63-59-55-51-47-43-37-18-16-14-12-10-8-6-4-2/h70-71,75-76H,3-69H2,1-2H3,(H,74,77). The zero-order chi connectivity index (χ0) is 57.1. The van der Waals surface area contributed by atoms with Crippen molar-refractivity contribution in [3.63, 3.8) is 0 Å². The van der Waals surface area contributed by atoms with Crippen LogP contribution in [0.1, 0.15) is 431 Å². The van der Waals surface area contributed by atoms with Gasteiger partial charge in [-0.05, 0) is 25.7 Å². The Morgan fingerprint density at radius 3 is 0.772 bits per heavy atom. The molecule has 0 heterocycles. The molecule has 0 spiro atoms. The average Bonchev–Trinajstić information content (AvgIpc) is 3.45. The van der Waals surface area contributed by atoms with Crippen molar-refractivity contribution in [2.45, 2.75) is 443 Å². The number of rotatable bonds is 70. The highest BCUT2D eigenvalue weighted by Crippen LogP contribution is 2.20. The van der Waals surface area contributed by atoms with Crippen LogP contribution in [0.15, 0.2) is 0 Å². The molecular formula is C73H145NO5. The maximum atomic E-state index is 12.6. The van der Waals surface area contributed by atoms with Crippen molar-refractivity contribution < 1.29 is 24.5 Å². The van der Waals surface area contributed by atoms with Crippen LogP contribution in [0.3, 0.4) is 0 Å². The Bertz CT molecular complexity index is 1150. The Labute approximate surface area is 496 Å². The number of carbonyl (C=O) groups is 2. The lowest BCUT2D eigenvalue weighted by atomic mass is 10.0. The van der Waals surface area contributed by atoms with Crippen LogP contribution < -0.4 is 5.32 Å². The molecule has 0 radical (unpaired) electrons. The van der Waals surface area contributed by atoms with Gasteiger partial charge in [-0.25, -0.2) is 0 Å². The summed E-state index contributed by atoms with van der Waals surface area (Å²) < 4.78 is 5.50. The van der Waals surface area contributed by atoms with Crippen LogP contribution in [0.2, 0.25) is 0 Å². The molecule has 472 valence electrons. The SMILES string of the molecule is CCCCCCCCCCCCCCCCCCCCCCCCC(O)C(CO)NC(=O)CCCCCCCCCCCCCCCCCCCCCCCCCCCOC(=O)CCCCCCCCCCCCCCCCC. The third kappa shape index (κ3) is 65.9. The lowest BCUT2D eigenvalue weighted by Gasteiger charge is -2.22. The molecule has 0 aliphatic heterocycles. The number of esters is 1. The summed E-state index contributed by atoms with van der Waals surface area (Å²) in [5.41, 5.74) is 0. The fourth-order valence-corrected chi connectivity index (χ4v) is 12.1. The molecule has 0 aromatic carbocycles. The molecule has 0 aromatic rings. The first kappa shape index (κ1) is 77.9. The van der Waals surface area contributed by atoms with E-state index in [0.717, 1.165) is 38.5 Å². The summed E-state index contributed by atoms with van der Waals surface area (Å²) in [6.07, 6.45) is 84.5. The number of aliphatic hydroxyl groups is 2. The van der Waals surface area contributed by atoms with Gasteiger partial charge in [-0.3, -0.25) is 9.59 Å². The highest BCUT2D eigenvalue weighted by atomic mass is 16.5. The highest BCUT2D eigenvalue weighted by Gasteiger charge is 2.20. The van der Waals surface area contributed by atoms with E-state index >= 15 is 0 Å². The van der Waals surface area contributed by atoms with Gasteiger partial charge in [0, 0.05) is 12.8 Å². The molecular weight excluding hydrogens is 971 g/mol. The minimum absolute atomic E-state index is 0.0209. The second-order valence-electron chi connectivity index (χ2n) is 25.6. The Balaban J connectivity index is 3.35. The molecule has 0 rings (SSSR count). The number of amides is 1. The number of unbranched alkanes of at least 4 members (excludes halogenated alkanes) is 59. The van der Waals surface area contributed by atoms with E-state index in [4.69, 9.17) is 4.74 Å². The van der Waals surface area contributed by atoms with E-state index in [2.05, 4.69) is 19.2 Å². The van der Waals surface area contributed by atoms with Crippen LogP contribution in [0.5, 0.6) is 0 Å². The molecule has 0 aliphatic carbocycles. The molecule has 0 bridgehead atoms. The van der Waals surface area contributed by atoms with Crippen LogP contribution in [-0.2, 0) is 14.3 Å². The van der Waals surface area contributed by atoms with Crippen LogP contribution >= 0.6 is 0 Å². The van der Waals surface area contributed by atoms with Gasteiger partial charge in [-0.2, -0.15) is 0 Å². The van der Waals surface area contributed by atoms with Gasteiger partial charge in [-0.15, -0.1) is 0 Å². The normalized spacial score (nSPS) is 12.4. The Kier molecular flexibility index (Phi) is 68.4. The van der Waals surface area contributed by atoms with Crippen molar-refractivity contribution >= 4 is 11.9 Å². The molecule has 0 fully saturated rings. The van der Waals surface area contributed by atoms with Crippen LogP contribution in [0.4, 0.5) is 0 Å². The molecule has 0 aliphatic rings. The smallest absolute Gasteiger partial charge is 0.305 e. The third-order valence-corrected chi connectivity index (χ3v) is 17.7. The Hall–Kier alpha value is -1.14. The molecule has 0 saturated carbocycles. The first-order valence-corrected chi connectivity index (χ1v) is 36.8. The molecule has 2 atom stereocenters. The zero-order valence-corrected chi connectivity index (χ0v) is 54.2. The first-order chi connectivity index (χ1) is 39.0. The third-order valence-electron chi connectivity index (χ3n) is 17.7. The fourth-order valence-electron chi connectivity index (χ4n) is 12.1. The molecule has 6 heteroatoms. The minimum atomic E-state index is -0.663. The van der Waals surface area contributed by atoms with E-state index < -0.39 is 12.1 Å². The second-order valence-corrected chi connectivity index (χ2v) is 25.6. The fraction of sp³-hybridized carbons (Fsp3) is 0.973. The summed E-state index contributed by atoms with van der Waals surface area (Å²) in [4.78, 5) is 24.6. The number of ether oxygens (including phenoxy) is 1. The average molecular weight is 1120 g/mol. The predicted octanol–water partition coefficient (Wildman–Crippen LogP) is 23.8. The first-order valence-electron chi connectivity index (χ1n) is 36.8. The predicted molar refractivity (Wildman–Crippen MR) is 347 cm³/mol. The number of hydrogen-bond acceptors (Lipinski definition) is 5. The molecule has 0 aromatic heterocycles. The molecule has 1 amide bonds. The van der Waals surface area contributed by atoms with Gasteiger partial charge in [0.1, 0.15) is 0 Å². The maximum Gasteiger partial charge on any atom is 0.305 e. The number of carbonyl (C=O) groups excluding carboxylic acids is 2. The number of nitrogens with one attached hydrogen (secondary N) is 1. The summed E-state index contributed by atoms with van der Waals surface area (Å²) in [6.45, 7) is 5.01. The van der Waals surface area contributed by atoms with Crippen molar-refractivity contribution in [2.75, 3.05) is 13.2 Å². The number of aliphatic hydroxyl groups excluding tert-OH is 2. The molecule has 6 nitrogen and oxygen atoms in total. The van der Waals surface area contributed by atoms with Crippen molar-refractivity contribution in [1.82, 2.24) is 5.32 Å². The van der Waals surface area contributed by atoms with Gasteiger partial charge in [-0.1, -0.05) is 393 Å². The lowest BCUT2D eigenvalue weighted by Crippen LogP contribution is -2.45. The summed E-state index contributed by atoms with van der Waals surface area (Å²) in [5.74, 6) is -0.00643. The van der Waals surface area contributed by atoms with Crippen molar-refractivity contribution in [1.29, 1.82) is 0 Å². The van der Waals surface area contributed by atoms with Crippen LogP contribution in [-0.4, -0.2) is 47.4 Å². The van der Waals surface area contributed by atoms with Crippen LogP contribution in [0.25, 0.3) is 0 Å². The van der Waals surface area contributed by atoms with E-state index in [1.807, 2.05) is 0 Å². The van der Waals surface area contributed by atoms with Crippen molar-refractivity contribution in [3.8, 4) is 0 Å². The van der Waals surface area contributed by atoms with Crippen molar-refractivity contribution in [3.05, 3.63) is 0 Å². The highest BCUT2D eigenvalue weighted by molar-refractivity contribution is 5.76. The summed E-state index contributed by atoms with van der Waals surface area (Å²) in [6, 6.07) is -0.540. The van der Waals surface area contributed by atoms with Crippen molar-refractivity contribution in [2.24, 2.45) is 0 Å². The van der Waals surface area contributed by atoms with E-state index in [9.17, 15) is 19.8 Å². The summed E-state index contributed by atoms with van der Waals surface area (Å²) >= 11 is 0. The monoisotopic (exact) mass is 1120 g/mol. The van der Waals surface area contributed by atoms with Gasteiger partial charge in [0.25, 0.3) is 0 Å². The van der Waals surface area contributed by atoms with E-state index in [-0.39, 0.29) is 18.5 Å². The topological polar surface area (TPSA) is 95.9 Å². The quantitative estimate of drug-likeness (QED) is 0.0417. The van der Waals surface area contributed by atoms with Gasteiger partial charge in [0.15, 0.2) is 0 Å². The van der Waals surface area contributed by atoms with E-state index in [1.165, 1.54) is 360 Å². The number of hydrogen-bond donors (Lipinski definition) is 3. The summed E-state index contributed by atoms with van der Waals surface area (Å²) in [7, 11) is 0. The molecule has 79 heavy (non-hydrogen) atoms. The molecule has 3 N–H and O–H groups in total. The maximum absolute atomic E-state index is 12.6. The van der Waals surface area contributed by atoms with E-state index in [0.29, 0.717) is 25.9 Å². The zero-order valence-electron chi connectivity index (χ0n) is 54.2.